The van der Waals surface area contributed by atoms with Gasteiger partial charge in [0.2, 0.25) is 0 Å². The van der Waals surface area contributed by atoms with Crippen LogP contribution in [-0.4, -0.2) is 25.2 Å². The number of hydrogen-bond acceptors (Lipinski definition) is 4. The van der Waals surface area contributed by atoms with E-state index in [1.807, 2.05) is 0 Å². The summed E-state index contributed by atoms with van der Waals surface area (Å²) in [5.74, 6) is -0.129. The van der Waals surface area contributed by atoms with Crippen LogP contribution in [0, 0.1) is 5.92 Å². The minimum Gasteiger partial charge on any atom is -0.466 e. The number of rotatable bonds is 9. The first kappa shape index (κ1) is 15.9. The molecule has 0 heterocycles. The molecule has 0 spiro atoms. The molecule has 0 rings (SSSR count). The van der Waals surface area contributed by atoms with Gasteiger partial charge >= 0.3 is 11.9 Å². The predicted molar refractivity (Wildman–Crippen MR) is 65.5 cm³/mol. The zero-order chi connectivity index (χ0) is 13.1. The summed E-state index contributed by atoms with van der Waals surface area (Å²) >= 11 is 0. The van der Waals surface area contributed by atoms with Crippen molar-refractivity contribution in [3.8, 4) is 0 Å². The van der Waals surface area contributed by atoms with Gasteiger partial charge in [0.05, 0.1) is 13.2 Å². The topological polar surface area (TPSA) is 52.6 Å². The fourth-order valence-corrected chi connectivity index (χ4v) is 1.77. The fraction of sp³-hybridized carbons (Fsp3) is 0.846. The molecule has 4 nitrogen and oxygen atoms in total. The minimum absolute atomic E-state index is 0.171. The van der Waals surface area contributed by atoms with Crippen LogP contribution in [0.15, 0.2) is 0 Å². The van der Waals surface area contributed by atoms with Crippen molar-refractivity contribution in [2.75, 3.05) is 13.2 Å². The van der Waals surface area contributed by atoms with Crippen molar-refractivity contribution in [1.82, 2.24) is 0 Å². The molecular weight excluding hydrogens is 220 g/mol. The summed E-state index contributed by atoms with van der Waals surface area (Å²) in [5, 5.41) is 0. The highest BCUT2D eigenvalue weighted by Crippen LogP contribution is 2.18. The molecule has 0 aromatic carbocycles. The number of ether oxygens (including phenoxy) is 2. The molecule has 1 atom stereocenters. The molecule has 0 N–H and O–H groups in total. The first-order valence-electron chi connectivity index (χ1n) is 6.45. The molecule has 4 heteroatoms. The number of carbonyl (C=O) groups is 2. The maximum atomic E-state index is 11.4. The Bertz CT molecular complexity index is 225. The second-order valence-electron chi connectivity index (χ2n) is 4.01. The highest BCUT2D eigenvalue weighted by atomic mass is 16.5. The van der Waals surface area contributed by atoms with Crippen molar-refractivity contribution in [3.63, 3.8) is 0 Å². The monoisotopic (exact) mass is 244 g/mol. The van der Waals surface area contributed by atoms with Crippen LogP contribution in [0.25, 0.3) is 0 Å². The van der Waals surface area contributed by atoms with Crippen LogP contribution in [-0.2, 0) is 19.1 Å². The largest absolute Gasteiger partial charge is 0.466 e. The van der Waals surface area contributed by atoms with Gasteiger partial charge in [-0.15, -0.1) is 0 Å². The Hall–Kier alpha value is -1.06. The molecule has 0 amide bonds. The second kappa shape index (κ2) is 10.1. The molecule has 0 aliphatic rings. The van der Waals surface area contributed by atoms with Gasteiger partial charge < -0.3 is 9.47 Å². The van der Waals surface area contributed by atoms with Crippen LogP contribution in [0.1, 0.15) is 52.9 Å². The lowest BCUT2D eigenvalue weighted by Crippen LogP contribution is -2.14. The molecule has 0 saturated heterocycles. The van der Waals surface area contributed by atoms with Crippen molar-refractivity contribution in [1.29, 1.82) is 0 Å². The average Bonchev–Trinajstić information content (AvgIpc) is 2.27. The molecule has 0 aromatic heterocycles. The van der Waals surface area contributed by atoms with E-state index >= 15 is 0 Å². The van der Waals surface area contributed by atoms with E-state index in [2.05, 4.69) is 6.92 Å². The van der Waals surface area contributed by atoms with Gasteiger partial charge in [0.1, 0.15) is 0 Å². The minimum atomic E-state index is -0.183. The summed E-state index contributed by atoms with van der Waals surface area (Å²) in [6, 6.07) is 0. The first-order chi connectivity index (χ1) is 8.13. The van der Waals surface area contributed by atoms with Crippen LogP contribution >= 0.6 is 0 Å². The Kier molecular flexibility index (Phi) is 9.49. The van der Waals surface area contributed by atoms with E-state index in [0.717, 1.165) is 12.8 Å². The van der Waals surface area contributed by atoms with Gasteiger partial charge in [-0.3, -0.25) is 9.59 Å². The zero-order valence-corrected chi connectivity index (χ0v) is 11.2. The van der Waals surface area contributed by atoms with Crippen LogP contribution < -0.4 is 0 Å². The van der Waals surface area contributed by atoms with Gasteiger partial charge in [-0.1, -0.05) is 19.8 Å². The van der Waals surface area contributed by atoms with Gasteiger partial charge in [-0.05, 0) is 26.2 Å². The molecule has 0 saturated carbocycles. The lowest BCUT2D eigenvalue weighted by molar-refractivity contribution is -0.146. The zero-order valence-electron chi connectivity index (χ0n) is 11.2. The van der Waals surface area contributed by atoms with Gasteiger partial charge in [0, 0.05) is 12.8 Å². The quantitative estimate of drug-likeness (QED) is 0.585. The van der Waals surface area contributed by atoms with Crippen LogP contribution in [0.2, 0.25) is 0 Å². The molecule has 17 heavy (non-hydrogen) atoms. The van der Waals surface area contributed by atoms with Crippen molar-refractivity contribution >= 4 is 11.9 Å². The summed E-state index contributed by atoms with van der Waals surface area (Å²) in [4.78, 5) is 22.6. The fourth-order valence-electron chi connectivity index (χ4n) is 1.77. The lowest BCUT2D eigenvalue weighted by atomic mass is 9.94. The molecule has 0 fully saturated rings. The normalized spacial score (nSPS) is 11.9. The Morgan fingerprint density at radius 2 is 1.53 bits per heavy atom. The smallest absolute Gasteiger partial charge is 0.306 e. The van der Waals surface area contributed by atoms with Crippen LogP contribution in [0.5, 0.6) is 0 Å². The lowest BCUT2D eigenvalue weighted by Gasteiger charge is -2.14. The Labute approximate surface area is 104 Å². The van der Waals surface area contributed by atoms with Crippen molar-refractivity contribution in [2.24, 2.45) is 5.92 Å². The van der Waals surface area contributed by atoms with E-state index in [0.29, 0.717) is 32.5 Å². The number of carbonyl (C=O) groups excluding carboxylic acids is 2. The summed E-state index contributed by atoms with van der Waals surface area (Å²) in [6.07, 6.45) is 3.44. The standard InChI is InChI=1S/C13H24O4/c1-4-7-11(10-13(15)17-6-3)8-9-12(14)16-5-2/h11H,4-10H2,1-3H3. The molecule has 0 radical (unpaired) electrons. The van der Waals surface area contributed by atoms with E-state index in [4.69, 9.17) is 9.47 Å². The molecular formula is C13H24O4. The summed E-state index contributed by atoms with van der Waals surface area (Å²) in [5.41, 5.74) is 0. The summed E-state index contributed by atoms with van der Waals surface area (Å²) in [6.45, 7) is 6.48. The average molecular weight is 244 g/mol. The molecule has 0 aromatic rings. The van der Waals surface area contributed by atoms with E-state index < -0.39 is 0 Å². The Balaban J connectivity index is 3.96. The molecule has 0 aliphatic heterocycles. The highest BCUT2D eigenvalue weighted by Gasteiger charge is 2.15. The van der Waals surface area contributed by atoms with Crippen molar-refractivity contribution in [2.45, 2.75) is 52.9 Å². The highest BCUT2D eigenvalue weighted by molar-refractivity contribution is 5.70. The van der Waals surface area contributed by atoms with Gasteiger partial charge in [-0.2, -0.15) is 0 Å². The van der Waals surface area contributed by atoms with E-state index in [1.54, 1.807) is 13.8 Å². The van der Waals surface area contributed by atoms with E-state index in [9.17, 15) is 9.59 Å². The van der Waals surface area contributed by atoms with E-state index in [1.165, 1.54) is 0 Å². The SMILES string of the molecule is CCCC(CCC(=O)OCC)CC(=O)OCC. The van der Waals surface area contributed by atoms with Crippen molar-refractivity contribution in [3.05, 3.63) is 0 Å². The molecule has 1 unspecified atom stereocenters. The van der Waals surface area contributed by atoms with Crippen LogP contribution in [0.3, 0.4) is 0 Å². The maximum Gasteiger partial charge on any atom is 0.306 e. The molecule has 100 valence electrons. The van der Waals surface area contributed by atoms with Gasteiger partial charge in [-0.25, -0.2) is 0 Å². The number of esters is 2. The predicted octanol–water partition coefficient (Wildman–Crippen LogP) is 2.70. The Morgan fingerprint density at radius 1 is 0.941 bits per heavy atom. The summed E-state index contributed by atoms with van der Waals surface area (Å²) < 4.78 is 9.79. The number of hydrogen-bond donors (Lipinski definition) is 0. The third kappa shape index (κ3) is 8.72. The van der Waals surface area contributed by atoms with Crippen molar-refractivity contribution < 1.29 is 19.1 Å². The van der Waals surface area contributed by atoms with E-state index in [-0.39, 0.29) is 17.9 Å². The molecule has 0 aliphatic carbocycles. The third-order valence-electron chi connectivity index (χ3n) is 2.52. The second-order valence-corrected chi connectivity index (χ2v) is 4.01. The summed E-state index contributed by atoms with van der Waals surface area (Å²) in [7, 11) is 0. The van der Waals surface area contributed by atoms with Crippen LogP contribution in [0.4, 0.5) is 0 Å². The third-order valence-corrected chi connectivity index (χ3v) is 2.52. The van der Waals surface area contributed by atoms with Gasteiger partial charge in [0.25, 0.3) is 0 Å². The maximum absolute atomic E-state index is 11.4. The molecule has 0 bridgehead atoms. The van der Waals surface area contributed by atoms with Gasteiger partial charge in [0.15, 0.2) is 0 Å². The Morgan fingerprint density at radius 3 is 2.06 bits per heavy atom. The first-order valence-corrected chi connectivity index (χ1v) is 6.45.